The molecule has 5 N–H and O–H groups in total. The lowest BCUT2D eigenvalue weighted by Crippen LogP contribution is -2.63. The summed E-state index contributed by atoms with van der Waals surface area (Å²) in [5.74, 6) is -0.417. The molecule has 0 aromatic heterocycles. The van der Waals surface area contributed by atoms with E-state index >= 15 is 0 Å². The molecule has 3 aliphatic rings. The van der Waals surface area contributed by atoms with Crippen LogP contribution in [0.4, 0.5) is 5.69 Å². The standard InChI is InChI=1S/C19H27N3O4S/c1-12(27(24,25)26)16-19(13-7-3-4-8-14(13)21-16)11-15(17(20)23)22-18(19)9-5-2-6-10-18/h3-4,7-8,12,15-16,21-22H,2,5-6,9-11H2,1H3,(H2,20,23)(H,24,25,26). The predicted molar refractivity (Wildman–Crippen MR) is 103 cm³/mol. The normalized spacial score (nSPS) is 33.0. The van der Waals surface area contributed by atoms with Crippen LogP contribution in [-0.2, 0) is 20.3 Å². The molecular weight excluding hydrogens is 366 g/mol. The molecule has 4 atom stereocenters. The molecule has 148 valence electrons. The Morgan fingerprint density at radius 1 is 1.26 bits per heavy atom. The van der Waals surface area contributed by atoms with Gasteiger partial charge in [0.1, 0.15) is 5.25 Å². The molecule has 2 aliphatic heterocycles. The summed E-state index contributed by atoms with van der Waals surface area (Å²) >= 11 is 0. The van der Waals surface area contributed by atoms with Gasteiger partial charge in [-0.1, -0.05) is 37.5 Å². The van der Waals surface area contributed by atoms with Crippen molar-refractivity contribution in [1.29, 1.82) is 0 Å². The number of primary amides is 1. The Balaban J connectivity index is 1.94. The highest BCUT2D eigenvalue weighted by atomic mass is 32.2. The van der Waals surface area contributed by atoms with Gasteiger partial charge in [0.15, 0.2) is 0 Å². The fourth-order valence-electron chi connectivity index (χ4n) is 5.89. The van der Waals surface area contributed by atoms with Crippen molar-refractivity contribution < 1.29 is 17.8 Å². The fraction of sp³-hybridized carbons (Fsp3) is 0.632. The second kappa shape index (κ2) is 6.18. The van der Waals surface area contributed by atoms with E-state index in [1.165, 1.54) is 6.92 Å². The Labute approximate surface area is 159 Å². The number of para-hydroxylation sites is 1. The molecule has 1 aromatic carbocycles. The van der Waals surface area contributed by atoms with E-state index in [1.807, 2.05) is 24.3 Å². The summed E-state index contributed by atoms with van der Waals surface area (Å²) in [6.07, 6.45) is 5.26. The van der Waals surface area contributed by atoms with Crippen molar-refractivity contribution in [2.75, 3.05) is 5.32 Å². The van der Waals surface area contributed by atoms with Crippen LogP contribution in [0.3, 0.4) is 0 Å². The van der Waals surface area contributed by atoms with Gasteiger partial charge in [0.05, 0.1) is 12.1 Å². The first-order valence-electron chi connectivity index (χ1n) is 9.61. The smallest absolute Gasteiger partial charge is 0.269 e. The van der Waals surface area contributed by atoms with Gasteiger partial charge in [0.2, 0.25) is 5.91 Å². The Kier molecular flexibility index (Phi) is 4.29. The number of carbonyl (C=O) groups excluding carboxylic acids is 1. The van der Waals surface area contributed by atoms with Crippen LogP contribution < -0.4 is 16.4 Å². The Morgan fingerprint density at radius 2 is 1.93 bits per heavy atom. The van der Waals surface area contributed by atoms with Crippen LogP contribution in [0, 0.1) is 0 Å². The average Bonchev–Trinajstić information content (AvgIpc) is 3.12. The molecule has 8 heteroatoms. The van der Waals surface area contributed by atoms with Gasteiger partial charge in [-0.2, -0.15) is 8.42 Å². The van der Waals surface area contributed by atoms with Crippen LogP contribution >= 0.6 is 0 Å². The van der Waals surface area contributed by atoms with E-state index in [-0.39, 0.29) is 0 Å². The highest BCUT2D eigenvalue weighted by molar-refractivity contribution is 7.86. The van der Waals surface area contributed by atoms with Gasteiger partial charge in [-0.15, -0.1) is 0 Å². The van der Waals surface area contributed by atoms with E-state index in [0.717, 1.165) is 43.4 Å². The van der Waals surface area contributed by atoms with Crippen LogP contribution in [0.1, 0.15) is 51.0 Å². The quantitative estimate of drug-likeness (QED) is 0.578. The zero-order valence-corrected chi connectivity index (χ0v) is 16.3. The van der Waals surface area contributed by atoms with Crippen molar-refractivity contribution in [3.05, 3.63) is 29.8 Å². The summed E-state index contributed by atoms with van der Waals surface area (Å²) in [7, 11) is -4.27. The van der Waals surface area contributed by atoms with Gasteiger partial charge in [0, 0.05) is 16.6 Å². The monoisotopic (exact) mass is 393 g/mol. The number of hydrogen-bond donors (Lipinski definition) is 4. The minimum Gasteiger partial charge on any atom is -0.380 e. The molecular formula is C19H27N3O4S. The number of rotatable bonds is 3. The lowest BCUT2D eigenvalue weighted by atomic mass is 9.57. The third-order valence-electron chi connectivity index (χ3n) is 7.07. The Hall–Kier alpha value is -1.64. The molecule has 4 rings (SSSR count). The minimum atomic E-state index is -4.27. The third kappa shape index (κ3) is 2.61. The number of fused-ring (bicyclic) bond motifs is 3. The van der Waals surface area contributed by atoms with Gasteiger partial charge in [-0.3, -0.25) is 14.7 Å². The van der Waals surface area contributed by atoms with Crippen LogP contribution in [-0.4, -0.2) is 41.8 Å². The maximum absolute atomic E-state index is 12.1. The highest BCUT2D eigenvalue weighted by Gasteiger charge is 2.67. The maximum atomic E-state index is 12.1. The molecule has 1 saturated carbocycles. The first-order chi connectivity index (χ1) is 12.7. The molecule has 2 spiro atoms. The molecule has 1 aliphatic carbocycles. The van der Waals surface area contributed by atoms with E-state index in [4.69, 9.17) is 5.73 Å². The second-order valence-electron chi connectivity index (χ2n) is 8.31. The molecule has 1 aromatic rings. The Bertz CT molecular complexity index is 865. The van der Waals surface area contributed by atoms with Crippen molar-refractivity contribution in [2.24, 2.45) is 5.73 Å². The SMILES string of the molecule is CC(C1Nc2ccccc2C12CC(C(N)=O)NC21CCCCC1)S(=O)(=O)O. The number of nitrogens with one attached hydrogen (secondary N) is 2. The zero-order valence-electron chi connectivity index (χ0n) is 15.4. The number of nitrogens with two attached hydrogens (primary N) is 1. The van der Waals surface area contributed by atoms with E-state index in [0.29, 0.717) is 6.42 Å². The third-order valence-corrected chi connectivity index (χ3v) is 8.28. The number of carbonyl (C=O) groups is 1. The molecule has 2 fully saturated rings. The topological polar surface area (TPSA) is 122 Å². The molecule has 2 heterocycles. The van der Waals surface area contributed by atoms with E-state index in [1.54, 1.807) is 0 Å². The molecule has 7 nitrogen and oxygen atoms in total. The van der Waals surface area contributed by atoms with Gasteiger partial charge in [-0.25, -0.2) is 0 Å². The van der Waals surface area contributed by atoms with Gasteiger partial charge in [-0.05, 0) is 37.8 Å². The van der Waals surface area contributed by atoms with Crippen LogP contribution in [0.25, 0.3) is 0 Å². The molecule has 0 radical (unpaired) electrons. The molecule has 1 saturated heterocycles. The van der Waals surface area contributed by atoms with Crippen LogP contribution in [0.2, 0.25) is 0 Å². The summed E-state index contributed by atoms with van der Waals surface area (Å²) in [6, 6.07) is 6.73. The lowest BCUT2D eigenvalue weighted by Gasteiger charge is -2.50. The average molecular weight is 394 g/mol. The minimum absolute atomic E-state index is 0.417. The molecule has 4 unspecified atom stereocenters. The predicted octanol–water partition coefficient (Wildman–Crippen LogP) is 1.54. The number of hydrogen-bond acceptors (Lipinski definition) is 5. The van der Waals surface area contributed by atoms with Gasteiger partial charge in [0.25, 0.3) is 10.1 Å². The summed E-state index contributed by atoms with van der Waals surface area (Å²) in [5.41, 5.74) is 6.52. The summed E-state index contributed by atoms with van der Waals surface area (Å²) in [5, 5.41) is 5.88. The molecule has 0 bridgehead atoms. The van der Waals surface area contributed by atoms with Crippen molar-refractivity contribution in [3.63, 3.8) is 0 Å². The van der Waals surface area contributed by atoms with Gasteiger partial charge >= 0.3 is 0 Å². The van der Waals surface area contributed by atoms with E-state index < -0.39 is 44.3 Å². The van der Waals surface area contributed by atoms with Crippen molar-refractivity contribution in [3.8, 4) is 0 Å². The van der Waals surface area contributed by atoms with Crippen molar-refractivity contribution >= 4 is 21.7 Å². The lowest BCUT2D eigenvalue weighted by molar-refractivity contribution is -0.119. The van der Waals surface area contributed by atoms with Crippen molar-refractivity contribution in [1.82, 2.24) is 5.32 Å². The summed E-state index contributed by atoms with van der Waals surface area (Å²) in [4.78, 5) is 12.1. The molecule has 1 amide bonds. The fourth-order valence-corrected chi connectivity index (χ4v) is 6.53. The first-order valence-corrected chi connectivity index (χ1v) is 11.1. The largest absolute Gasteiger partial charge is 0.380 e. The van der Waals surface area contributed by atoms with Crippen LogP contribution in [0.15, 0.2) is 24.3 Å². The Morgan fingerprint density at radius 3 is 2.56 bits per heavy atom. The number of amides is 1. The number of anilines is 1. The van der Waals surface area contributed by atoms with E-state index in [9.17, 15) is 17.8 Å². The zero-order chi connectivity index (χ0) is 19.4. The summed E-state index contributed by atoms with van der Waals surface area (Å²) in [6.45, 7) is 1.54. The van der Waals surface area contributed by atoms with Gasteiger partial charge < -0.3 is 11.1 Å². The number of benzene rings is 1. The van der Waals surface area contributed by atoms with E-state index in [2.05, 4.69) is 10.6 Å². The van der Waals surface area contributed by atoms with Crippen LogP contribution in [0.5, 0.6) is 0 Å². The second-order valence-corrected chi connectivity index (χ2v) is 10.1. The van der Waals surface area contributed by atoms with Crippen molar-refractivity contribution in [2.45, 2.75) is 73.7 Å². The summed E-state index contributed by atoms with van der Waals surface area (Å²) < 4.78 is 34.1. The maximum Gasteiger partial charge on any atom is 0.269 e. The first kappa shape index (κ1) is 18.7. The highest BCUT2D eigenvalue weighted by Crippen LogP contribution is 2.59. The molecule has 27 heavy (non-hydrogen) atoms.